The first-order valence-electron chi connectivity index (χ1n) is 5.57. The van der Waals surface area contributed by atoms with Crippen molar-refractivity contribution in [3.8, 4) is 0 Å². The Balaban J connectivity index is 2.24. The molecule has 1 heterocycles. The van der Waals surface area contributed by atoms with Gasteiger partial charge in [0, 0.05) is 32.6 Å². The molecule has 17 heavy (non-hydrogen) atoms. The molecular weight excluding hydrogens is 244 g/mol. The van der Waals surface area contributed by atoms with E-state index in [0.717, 1.165) is 26.1 Å². The minimum absolute atomic E-state index is 0.236. The number of piperazine rings is 1. The molecule has 0 unspecified atom stereocenters. The van der Waals surface area contributed by atoms with Crippen LogP contribution in [-0.2, 0) is 10.0 Å². The molecule has 0 bridgehead atoms. The van der Waals surface area contributed by atoms with Gasteiger partial charge in [0.15, 0.2) is 0 Å². The average molecular weight is 264 g/mol. The summed E-state index contributed by atoms with van der Waals surface area (Å²) >= 11 is 0. The maximum atomic E-state index is 11.3. The fraction of sp³-hybridized carbons (Fsp3) is 0.889. The van der Waals surface area contributed by atoms with E-state index in [2.05, 4.69) is 10.1 Å². The number of oxime groups is 1. The summed E-state index contributed by atoms with van der Waals surface area (Å²) in [5, 5.41) is 11.3. The predicted molar refractivity (Wildman–Crippen MR) is 65.5 cm³/mol. The molecule has 8 heteroatoms. The van der Waals surface area contributed by atoms with Crippen molar-refractivity contribution >= 4 is 15.9 Å². The lowest BCUT2D eigenvalue weighted by molar-refractivity contribution is 0.188. The molecule has 7 nitrogen and oxygen atoms in total. The van der Waals surface area contributed by atoms with Crippen LogP contribution in [0, 0.1) is 0 Å². The van der Waals surface area contributed by atoms with Crippen molar-refractivity contribution in [2.24, 2.45) is 10.9 Å². The third kappa shape index (κ3) is 4.88. The second-order valence-electron chi connectivity index (χ2n) is 4.20. The molecule has 0 spiro atoms. The van der Waals surface area contributed by atoms with Crippen molar-refractivity contribution in [3.05, 3.63) is 0 Å². The largest absolute Gasteiger partial charge is 0.409 e. The van der Waals surface area contributed by atoms with Gasteiger partial charge in [-0.3, -0.25) is 0 Å². The Hall–Kier alpha value is -0.860. The van der Waals surface area contributed by atoms with E-state index in [-0.39, 0.29) is 5.84 Å². The highest BCUT2D eigenvalue weighted by atomic mass is 32.2. The number of nitrogens with two attached hydrogens (primary N) is 1. The Morgan fingerprint density at radius 1 is 1.35 bits per heavy atom. The second kappa shape index (κ2) is 6.18. The van der Waals surface area contributed by atoms with Gasteiger partial charge < -0.3 is 15.8 Å². The molecule has 0 aromatic heterocycles. The van der Waals surface area contributed by atoms with Gasteiger partial charge in [0.2, 0.25) is 10.0 Å². The highest BCUT2D eigenvalue weighted by molar-refractivity contribution is 7.88. The monoisotopic (exact) mass is 264 g/mol. The molecule has 0 aromatic carbocycles. The van der Waals surface area contributed by atoms with E-state index >= 15 is 0 Å². The van der Waals surface area contributed by atoms with Gasteiger partial charge in [-0.1, -0.05) is 5.16 Å². The van der Waals surface area contributed by atoms with E-state index < -0.39 is 10.0 Å². The van der Waals surface area contributed by atoms with Crippen LogP contribution in [0.5, 0.6) is 0 Å². The summed E-state index contributed by atoms with van der Waals surface area (Å²) < 4.78 is 24.1. The van der Waals surface area contributed by atoms with Crippen molar-refractivity contribution in [2.75, 3.05) is 39.0 Å². The third-order valence-electron chi connectivity index (χ3n) is 2.84. The zero-order valence-electron chi connectivity index (χ0n) is 10.0. The van der Waals surface area contributed by atoms with Crippen molar-refractivity contribution < 1.29 is 13.6 Å². The number of rotatable bonds is 5. The molecule has 0 aromatic rings. The SMILES string of the molecule is CS(=O)(=O)N1CCN(CCCC(N)=NO)CC1. The third-order valence-corrected chi connectivity index (χ3v) is 4.14. The molecule has 1 rings (SSSR count). The lowest BCUT2D eigenvalue weighted by Gasteiger charge is -2.33. The molecule has 0 amide bonds. The Kier molecular flexibility index (Phi) is 5.16. The van der Waals surface area contributed by atoms with E-state index in [1.807, 2.05) is 0 Å². The fourth-order valence-corrected chi connectivity index (χ4v) is 2.65. The fourth-order valence-electron chi connectivity index (χ4n) is 1.82. The minimum atomic E-state index is -3.05. The van der Waals surface area contributed by atoms with Crippen molar-refractivity contribution in [1.29, 1.82) is 0 Å². The quantitative estimate of drug-likeness (QED) is 0.290. The Bertz CT molecular complexity index is 360. The Morgan fingerprint density at radius 2 is 1.94 bits per heavy atom. The lowest BCUT2D eigenvalue weighted by atomic mass is 10.2. The van der Waals surface area contributed by atoms with E-state index in [9.17, 15) is 8.42 Å². The maximum Gasteiger partial charge on any atom is 0.211 e. The van der Waals surface area contributed by atoms with Crippen LogP contribution in [0.1, 0.15) is 12.8 Å². The average Bonchev–Trinajstić information content (AvgIpc) is 2.28. The van der Waals surface area contributed by atoms with E-state index in [1.54, 1.807) is 0 Å². The summed E-state index contributed by atoms with van der Waals surface area (Å²) in [6.45, 7) is 3.41. The molecule has 0 atom stereocenters. The van der Waals surface area contributed by atoms with Gasteiger partial charge in [-0.2, -0.15) is 4.31 Å². The number of hydrogen-bond donors (Lipinski definition) is 2. The van der Waals surface area contributed by atoms with Crippen LogP contribution in [-0.4, -0.2) is 67.6 Å². The molecule has 1 saturated heterocycles. The zero-order valence-corrected chi connectivity index (χ0v) is 10.9. The predicted octanol–water partition coefficient (Wildman–Crippen LogP) is -0.910. The van der Waals surface area contributed by atoms with Crippen LogP contribution in [0.25, 0.3) is 0 Å². The van der Waals surface area contributed by atoms with Gasteiger partial charge in [0.25, 0.3) is 0 Å². The van der Waals surface area contributed by atoms with Crippen LogP contribution < -0.4 is 5.73 Å². The highest BCUT2D eigenvalue weighted by Gasteiger charge is 2.22. The number of sulfonamides is 1. The van der Waals surface area contributed by atoms with Gasteiger partial charge in [-0.15, -0.1) is 0 Å². The Labute approximate surface area is 102 Å². The maximum absolute atomic E-state index is 11.3. The van der Waals surface area contributed by atoms with Crippen molar-refractivity contribution in [3.63, 3.8) is 0 Å². The van der Waals surface area contributed by atoms with Gasteiger partial charge in [0.05, 0.1) is 6.26 Å². The van der Waals surface area contributed by atoms with Gasteiger partial charge in [-0.25, -0.2) is 8.42 Å². The second-order valence-corrected chi connectivity index (χ2v) is 6.18. The molecule has 0 saturated carbocycles. The molecular formula is C9H20N4O3S. The van der Waals surface area contributed by atoms with Crippen LogP contribution in [0.2, 0.25) is 0 Å². The zero-order chi connectivity index (χ0) is 12.9. The van der Waals surface area contributed by atoms with E-state index in [1.165, 1.54) is 10.6 Å². The summed E-state index contributed by atoms with van der Waals surface area (Å²) in [7, 11) is -3.05. The van der Waals surface area contributed by atoms with Gasteiger partial charge in [0.1, 0.15) is 5.84 Å². The first-order valence-corrected chi connectivity index (χ1v) is 7.42. The summed E-state index contributed by atoms with van der Waals surface area (Å²) in [5.74, 6) is 0.236. The normalized spacial score (nSPS) is 20.6. The first-order chi connectivity index (χ1) is 7.93. The molecule has 0 aliphatic carbocycles. The highest BCUT2D eigenvalue weighted by Crippen LogP contribution is 2.06. The molecule has 100 valence electrons. The van der Waals surface area contributed by atoms with Crippen molar-refractivity contribution in [2.45, 2.75) is 12.8 Å². The van der Waals surface area contributed by atoms with E-state index in [4.69, 9.17) is 10.9 Å². The number of hydrogen-bond acceptors (Lipinski definition) is 5. The van der Waals surface area contributed by atoms with Crippen LogP contribution in [0.15, 0.2) is 5.16 Å². The topological polar surface area (TPSA) is 99.2 Å². The summed E-state index contributed by atoms with van der Waals surface area (Å²) in [4.78, 5) is 2.19. The molecule has 1 fully saturated rings. The summed E-state index contributed by atoms with van der Waals surface area (Å²) in [6, 6.07) is 0. The smallest absolute Gasteiger partial charge is 0.211 e. The van der Waals surface area contributed by atoms with E-state index in [0.29, 0.717) is 19.5 Å². The molecule has 3 N–H and O–H groups in total. The molecule has 0 radical (unpaired) electrons. The molecule has 1 aliphatic heterocycles. The van der Waals surface area contributed by atoms with Crippen LogP contribution in [0.4, 0.5) is 0 Å². The van der Waals surface area contributed by atoms with Gasteiger partial charge in [-0.05, 0) is 13.0 Å². The minimum Gasteiger partial charge on any atom is -0.409 e. The number of amidine groups is 1. The van der Waals surface area contributed by atoms with Crippen LogP contribution >= 0.6 is 0 Å². The summed E-state index contributed by atoms with van der Waals surface area (Å²) in [6.07, 6.45) is 2.61. The van der Waals surface area contributed by atoms with Crippen molar-refractivity contribution in [1.82, 2.24) is 9.21 Å². The standard InChI is InChI=1S/C9H20N4O3S/c1-17(15,16)13-7-5-12(6-8-13)4-2-3-9(10)11-14/h14H,2-8H2,1H3,(H2,10,11). The van der Waals surface area contributed by atoms with Crippen LogP contribution in [0.3, 0.4) is 0 Å². The van der Waals surface area contributed by atoms with Gasteiger partial charge >= 0.3 is 0 Å². The first kappa shape index (κ1) is 14.2. The lowest BCUT2D eigenvalue weighted by Crippen LogP contribution is -2.48. The summed E-state index contributed by atoms with van der Waals surface area (Å²) in [5.41, 5.74) is 5.36. The Morgan fingerprint density at radius 3 is 2.41 bits per heavy atom. The number of nitrogens with zero attached hydrogens (tertiary/aromatic N) is 3. The molecule has 1 aliphatic rings.